The van der Waals surface area contributed by atoms with E-state index in [-0.39, 0.29) is 11.7 Å². The molecule has 0 radical (unpaired) electrons. The number of rotatable bonds is 7. The molecular formula is C22H23NO3. The normalized spacial score (nSPS) is 10.7. The predicted octanol–water partition coefficient (Wildman–Crippen LogP) is 4.47. The lowest BCUT2D eigenvalue weighted by Gasteiger charge is -2.09. The van der Waals surface area contributed by atoms with Crippen molar-refractivity contribution in [3.63, 3.8) is 0 Å². The lowest BCUT2D eigenvalue weighted by atomic mass is 9.96. The van der Waals surface area contributed by atoms with Crippen LogP contribution in [0.4, 0.5) is 0 Å². The molecule has 0 aliphatic heterocycles. The molecule has 0 aliphatic carbocycles. The maximum atomic E-state index is 11.8. The standard InChI is InChI=1S/C22H23NO3/c1-2-26-22(25)13-12-19-20(17-6-4-3-5-7-17)15-23-21(19)14-16-8-10-18(24)11-9-16/h3-11,15,23-24H,2,12-14H2,1H3. The van der Waals surface area contributed by atoms with Gasteiger partial charge in [0.05, 0.1) is 6.61 Å². The Balaban J connectivity index is 1.89. The fourth-order valence-corrected chi connectivity index (χ4v) is 3.09. The van der Waals surface area contributed by atoms with Gasteiger partial charge in [-0.05, 0) is 42.2 Å². The highest BCUT2D eigenvalue weighted by molar-refractivity contribution is 5.72. The summed E-state index contributed by atoms with van der Waals surface area (Å²) in [5, 5.41) is 9.47. The van der Waals surface area contributed by atoms with E-state index in [0.29, 0.717) is 25.9 Å². The molecule has 0 atom stereocenters. The fourth-order valence-electron chi connectivity index (χ4n) is 3.09. The van der Waals surface area contributed by atoms with Crippen LogP contribution in [-0.4, -0.2) is 22.7 Å². The van der Waals surface area contributed by atoms with Crippen molar-refractivity contribution in [1.29, 1.82) is 0 Å². The van der Waals surface area contributed by atoms with Crippen molar-refractivity contribution >= 4 is 5.97 Å². The first kappa shape index (κ1) is 17.8. The molecule has 0 spiro atoms. The van der Waals surface area contributed by atoms with Crippen LogP contribution in [0.3, 0.4) is 0 Å². The van der Waals surface area contributed by atoms with Gasteiger partial charge in [0.25, 0.3) is 0 Å². The molecule has 4 heteroatoms. The minimum Gasteiger partial charge on any atom is -0.508 e. The number of hydrogen-bond donors (Lipinski definition) is 2. The van der Waals surface area contributed by atoms with Crippen molar-refractivity contribution in [2.24, 2.45) is 0 Å². The van der Waals surface area contributed by atoms with Crippen LogP contribution in [0.25, 0.3) is 11.1 Å². The molecule has 1 heterocycles. The van der Waals surface area contributed by atoms with Crippen molar-refractivity contribution in [1.82, 2.24) is 4.98 Å². The van der Waals surface area contributed by atoms with Gasteiger partial charge in [-0.1, -0.05) is 42.5 Å². The van der Waals surface area contributed by atoms with Crippen LogP contribution in [0.15, 0.2) is 60.8 Å². The van der Waals surface area contributed by atoms with Gasteiger partial charge in [-0.25, -0.2) is 0 Å². The molecule has 0 unspecified atom stereocenters. The molecule has 3 rings (SSSR count). The molecule has 2 N–H and O–H groups in total. The van der Waals surface area contributed by atoms with E-state index in [2.05, 4.69) is 17.1 Å². The topological polar surface area (TPSA) is 62.3 Å². The van der Waals surface area contributed by atoms with E-state index < -0.39 is 0 Å². The number of carbonyl (C=O) groups excluding carboxylic acids is 1. The Kier molecular flexibility index (Phi) is 5.74. The second kappa shape index (κ2) is 8.39. The smallest absolute Gasteiger partial charge is 0.306 e. The van der Waals surface area contributed by atoms with Crippen LogP contribution in [0.2, 0.25) is 0 Å². The molecule has 4 nitrogen and oxygen atoms in total. The first-order valence-electron chi connectivity index (χ1n) is 8.85. The van der Waals surface area contributed by atoms with Gasteiger partial charge in [0.2, 0.25) is 0 Å². The van der Waals surface area contributed by atoms with Crippen LogP contribution in [0.1, 0.15) is 30.2 Å². The molecule has 0 aliphatic rings. The molecule has 1 aromatic heterocycles. The second-order valence-electron chi connectivity index (χ2n) is 6.17. The van der Waals surface area contributed by atoms with E-state index in [1.165, 1.54) is 0 Å². The molecule has 0 bridgehead atoms. The van der Waals surface area contributed by atoms with Gasteiger partial charge >= 0.3 is 5.97 Å². The van der Waals surface area contributed by atoms with E-state index in [1.54, 1.807) is 12.1 Å². The number of esters is 1. The highest BCUT2D eigenvalue weighted by atomic mass is 16.5. The third-order valence-corrected chi connectivity index (χ3v) is 4.37. The van der Waals surface area contributed by atoms with Gasteiger partial charge in [0, 0.05) is 30.3 Å². The van der Waals surface area contributed by atoms with Gasteiger partial charge in [-0.2, -0.15) is 0 Å². The van der Waals surface area contributed by atoms with E-state index >= 15 is 0 Å². The summed E-state index contributed by atoms with van der Waals surface area (Å²) in [6, 6.07) is 17.4. The number of H-pyrrole nitrogens is 1. The average molecular weight is 349 g/mol. The summed E-state index contributed by atoms with van der Waals surface area (Å²) in [6.45, 7) is 2.22. The third kappa shape index (κ3) is 4.33. The number of phenolic OH excluding ortho intramolecular Hbond substituents is 1. The van der Waals surface area contributed by atoms with Crippen LogP contribution >= 0.6 is 0 Å². The summed E-state index contributed by atoms with van der Waals surface area (Å²) in [7, 11) is 0. The zero-order valence-corrected chi connectivity index (χ0v) is 14.9. The zero-order valence-electron chi connectivity index (χ0n) is 14.9. The maximum absolute atomic E-state index is 11.8. The Hall–Kier alpha value is -3.01. The monoisotopic (exact) mass is 349 g/mol. The highest BCUT2D eigenvalue weighted by Gasteiger charge is 2.15. The fraction of sp³-hybridized carbons (Fsp3) is 0.227. The molecule has 0 saturated heterocycles. The quantitative estimate of drug-likeness (QED) is 0.619. The molecule has 3 aromatic rings. The average Bonchev–Trinajstić information content (AvgIpc) is 3.05. The molecule has 0 saturated carbocycles. The Morgan fingerprint density at radius 1 is 1.08 bits per heavy atom. The Bertz CT molecular complexity index is 851. The first-order valence-corrected chi connectivity index (χ1v) is 8.85. The number of nitrogens with one attached hydrogen (secondary N) is 1. The minimum atomic E-state index is -0.178. The van der Waals surface area contributed by atoms with Gasteiger partial charge in [-0.15, -0.1) is 0 Å². The Morgan fingerprint density at radius 2 is 1.81 bits per heavy atom. The number of aromatic amines is 1. The van der Waals surface area contributed by atoms with E-state index in [0.717, 1.165) is 27.9 Å². The first-order chi connectivity index (χ1) is 12.7. The number of benzene rings is 2. The lowest BCUT2D eigenvalue weighted by molar-refractivity contribution is -0.143. The third-order valence-electron chi connectivity index (χ3n) is 4.37. The molecule has 2 aromatic carbocycles. The van der Waals surface area contributed by atoms with E-state index in [9.17, 15) is 9.90 Å². The largest absolute Gasteiger partial charge is 0.508 e. The summed E-state index contributed by atoms with van der Waals surface area (Å²) in [5.41, 5.74) is 5.56. The van der Waals surface area contributed by atoms with Crippen LogP contribution in [-0.2, 0) is 22.4 Å². The highest BCUT2D eigenvalue weighted by Crippen LogP contribution is 2.29. The lowest BCUT2D eigenvalue weighted by Crippen LogP contribution is -2.06. The maximum Gasteiger partial charge on any atom is 0.306 e. The van der Waals surface area contributed by atoms with Crippen molar-refractivity contribution in [2.45, 2.75) is 26.2 Å². The number of hydrogen-bond acceptors (Lipinski definition) is 3. The Morgan fingerprint density at radius 3 is 2.50 bits per heavy atom. The van der Waals surface area contributed by atoms with Crippen molar-refractivity contribution in [3.05, 3.63) is 77.6 Å². The van der Waals surface area contributed by atoms with E-state index in [4.69, 9.17) is 4.74 Å². The van der Waals surface area contributed by atoms with Crippen LogP contribution in [0.5, 0.6) is 5.75 Å². The van der Waals surface area contributed by atoms with Gasteiger partial charge in [0.1, 0.15) is 5.75 Å². The molecule has 134 valence electrons. The molecular weight excluding hydrogens is 326 g/mol. The number of phenols is 1. The van der Waals surface area contributed by atoms with Gasteiger partial charge in [0.15, 0.2) is 0 Å². The number of aromatic nitrogens is 1. The SMILES string of the molecule is CCOC(=O)CCc1c(-c2ccccc2)c[nH]c1Cc1ccc(O)cc1. The molecule has 26 heavy (non-hydrogen) atoms. The number of aromatic hydroxyl groups is 1. The predicted molar refractivity (Wildman–Crippen MR) is 102 cm³/mol. The summed E-state index contributed by atoms with van der Waals surface area (Å²) >= 11 is 0. The summed E-state index contributed by atoms with van der Waals surface area (Å²) in [6.07, 6.45) is 3.70. The van der Waals surface area contributed by atoms with Gasteiger partial charge < -0.3 is 14.8 Å². The Labute approximate surface area is 153 Å². The minimum absolute atomic E-state index is 0.178. The van der Waals surface area contributed by atoms with Crippen molar-refractivity contribution in [2.75, 3.05) is 6.61 Å². The van der Waals surface area contributed by atoms with Crippen molar-refractivity contribution < 1.29 is 14.6 Å². The molecule has 0 amide bonds. The second-order valence-corrected chi connectivity index (χ2v) is 6.17. The van der Waals surface area contributed by atoms with E-state index in [1.807, 2.05) is 43.5 Å². The number of carbonyl (C=O) groups is 1. The molecule has 0 fully saturated rings. The number of ether oxygens (including phenoxy) is 1. The van der Waals surface area contributed by atoms with Crippen LogP contribution in [0, 0.1) is 0 Å². The summed E-state index contributed by atoms with van der Waals surface area (Å²) in [5.74, 6) is 0.0797. The van der Waals surface area contributed by atoms with Crippen molar-refractivity contribution in [3.8, 4) is 16.9 Å². The summed E-state index contributed by atoms with van der Waals surface area (Å²) in [4.78, 5) is 15.2. The summed E-state index contributed by atoms with van der Waals surface area (Å²) < 4.78 is 5.08. The van der Waals surface area contributed by atoms with Crippen LogP contribution < -0.4 is 0 Å². The van der Waals surface area contributed by atoms with Gasteiger partial charge in [-0.3, -0.25) is 4.79 Å². The zero-order chi connectivity index (χ0) is 18.4.